The van der Waals surface area contributed by atoms with E-state index in [4.69, 9.17) is 23.7 Å². The van der Waals surface area contributed by atoms with E-state index < -0.39 is 0 Å². The minimum atomic E-state index is -0.374. The van der Waals surface area contributed by atoms with Crippen molar-refractivity contribution < 1.29 is 64.3 Å². The Morgan fingerprint density at radius 3 is 2.03 bits per heavy atom. The van der Waals surface area contributed by atoms with Gasteiger partial charge in [0.25, 0.3) is 5.24 Å². The first-order chi connectivity index (χ1) is 15.9. The molecule has 8 nitrogen and oxygen atoms in total. The molecule has 1 fully saturated rings. The second-order valence-electron chi connectivity index (χ2n) is 7.42. The van der Waals surface area contributed by atoms with Crippen LogP contribution in [0.5, 0.6) is 28.7 Å². The maximum Gasteiger partial charge on any atom is 1.00 e. The number of amides is 2. The van der Waals surface area contributed by atoms with Gasteiger partial charge in [0.2, 0.25) is 17.4 Å². The van der Waals surface area contributed by atoms with E-state index in [0.29, 0.717) is 42.4 Å². The summed E-state index contributed by atoms with van der Waals surface area (Å²) in [5.74, 6) is 2.77. The van der Waals surface area contributed by atoms with E-state index in [0.717, 1.165) is 40.6 Å². The molecular formula is C24H30NNaO7S. The molecule has 0 aliphatic carbocycles. The maximum atomic E-state index is 11.7. The summed E-state index contributed by atoms with van der Waals surface area (Å²) >= 11 is 1.03. The van der Waals surface area contributed by atoms with Gasteiger partial charge in [-0.1, -0.05) is 23.9 Å². The van der Waals surface area contributed by atoms with Gasteiger partial charge in [0.05, 0.1) is 40.3 Å². The van der Waals surface area contributed by atoms with Crippen molar-refractivity contribution in [1.29, 1.82) is 0 Å². The molecule has 0 saturated carbocycles. The summed E-state index contributed by atoms with van der Waals surface area (Å²) in [4.78, 5) is 23.0. The van der Waals surface area contributed by atoms with Crippen molar-refractivity contribution in [2.45, 2.75) is 31.4 Å². The van der Waals surface area contributed by atoms with Crippen molar-refractivity contribution in [3.8, 4) is 28.7 Å². The molecule has 3 rings (SSSR count). The molecule has 1 N–H and O–H groups in total. The van der Waals surface area contributed by atoms with Crippen LogP contribution < -0.4 is 58.6 Å². The number of thioether (sulfide) groups is 1. The van der Waals surface area contributed by atoms with E-state index in [9.17, 15) is 9.59 Å². The third-order valence-electron chi connectivity index (χ3n) is 5.45. The van der Waals surface area contributed by atoms with Crippen molar-refractivity contribution in [2.75, 3.05) is 35.0 Å². The molecule has 2 amide bonds. The first-order valence-corrected chi connectivity index (χ1v) is 11.4. The molecule has 34 heavy (non-hydrogen) atoms. The van der Waals surface area contributed by atoms with Gasteiger partial charge in [-0.2, -0.15) is 0 Å². The largest absolute Gasteiger partial charge is 1.00 e. The van der Waals surface area contributed by atoms with Gasteiger partial charge in [-0.15, -0.1) is 0 Å². The number of hydrogen-bond acceptors (Lipinski definition) is 8. The Morgan fingerprint density at radius 1 is 0.912 bits per heavy atom. The quantitative estimate of drug-likeness (QED) is 0.363. The fourth-order valence-corrected chi connectivity index (χ4v) is 4.72. The average molecular weight is 500 g/mol. The minimum Gasteiger partial charge on any atom is -1.00 e. The van der Waals surface area contributed by atoms with Crippen LogP contribution in [0, 0.1) is 6.92 Å². The smallest absolute Gasteiger partial charge is 1.00 e. The van der Waals surface area contributed by atoms with E-state index in [1.54, 1.807) is 28.4 Å². The summed E-state index contributed by atoms with van der Waals surface area (Å²) in [7, 11) is 6.34. The van der Waals surface area contributed by atoms with E-state index in [1.807, 2.05) is 31.2 Å². The number of hydrogen-bond donors (Lipinski definition) is 1. The zero-order valence-electron chi connectivity index (χ0n) is 21.5. The summed E-state index contributed by atoms with van der Waals surface area (Å²) in [5.41, 5.74) is 2.89. The number of carbonyl (C=O) groups is 2. The molecule has 1 atom stereocenters. The molecule has 10 heteroatoms. The van der Waals surface area contributed by atoms with Gasteiger partial charge in [-0.3, -0.25) is 14.9 Å². The van der Waals surface area contributed by atoms with Crippen LogP contribution in [0.15, 0.2) is 24.3 Å². The van der Waals surface area contributed by atoms with Gasteiger partial charge in [0.1, 0.15) is 5.75 Å². The Morgan fingerprint density at radius 2 is 1.50 bits per heavy atom. The normalized spacial score (nSPS) is 14.8. The fraction of sp³-hybridized carbons (Fsp3) is 0.417. The van der Waals surface area contributed by atoms with Crippen molar-refractivity contribution in [1.82, 2.24) is 5.32 Å². The predicted octanol–water partition coefficient (Wildman–Crippen LogP) is 1.05. The summed E-state index contributed by atoms with van der Waals surface area (Å²) in [6, 6.07) is 7.58. The van der Waals surface area contributed by atoms with Gasteiger partial charge in [-0.25, -0.2) is 0 Å². The number of imide groups is 1. The van der Waals surface area contributed by atoms with Crippen LogP contribution in [0.2, 0.25) is 0 Å². The zero-order chi connectivity index (χ0) is 24.0. The molecule has 1 heterocycles. The van der Waals surface area contributed by atoms with E-state index in [-0.39, 0.29) is 47.4 Å². The molecule has 0 aromatic heterocycles. The van der Waals surface area contributed by atoms with Gasteiger partial charge in [-0.05, 0) is 43.9 Å². The van der Waals surface area contributed by atoms with Crippen LogP contribution in [0.1, 0.15) is 24.5 Å². The van der Waals surface area contributed by atoms with Crippen molar-refractivity contribution in [2.24, 2.45) is 0 Å². The van der Waals surface area contributed by atoms with Gasteiger partial charge in [0, 0.05) is 11.1 Å². The molecule has 2 aromatic carbocycles. The number of nitrogens with one attached hydrogen (secondary N) is 1. The second-order valence-corrected chi connectivity index (χ2v) is 8.60. The molecule has 1 aliphatic heterocycles. The number of ether oxygens (including phenoxy) is 5. The molecule has 2 aromatic rings. The van der Waals surface area contributed by atoms with E-state index in [2.05, 4.69) is 5.32 Å². The second kappa shape index (κ2) is 13.1. The molecule has 0 spiro atoms. The Hall–Kier alpha value is -2.07. The third-order valence-corrected chi connectivity index (χ3v) is 6.44. The monoisotopic (exact) mass is 499 g/mol. The van der Waals surface area contributed by atoms with Crippen molar-refractivity contribution >= 4 is 22.9 Å². The molecule has 1 aliphatic rings. The average Bonchev–Trinajstić information content (AvgIpc) is 3.13. The first-order valence-electron chi connectivity index (χ1n) is 10.5. The summed E-state index contributed by atoms with van der Waals surface area (Å²) < 4.78 is 28.1. The Balaban J connectivity index is 0.00000306. The van der Waals surface area contributed by atoms with Crippen molar-refractivity contribution in [3.63, 3.8) is 0 Å². The number of carbonyl (C=O) groups excluding carboxylic acids is 2. The Bertz CT molecular complexity index is 1020. The molecule has 180 valence electrons. The Kier molecular flexibility index (Phi) is 10.9. The van der Waals surface area contributed by atoms with Crippen LogP contribution in [0.25, 0.3) is 0 Å². The number of methoxy groups -OCH3 is 4. The molecule has 0 bridgehead atoms. The molecular weight excluding hydrogens is 469 g/mol. The summed E-state index contributed by atoms with van der Waals surface area (Å²) in [6.07, 6.45) is 1.95. The van der Waals surface area contributed by atoms with Crippen LogP contribution in [0.3, 0.4) is 0 Å². The number of rotatable bonds is 11. The Labute approximate surface area is 227 Å². The van der Waals surface area contributed by atoms with Gasteiger partial charge in [0.15, 0.2) is 11.5 Å². The minimum absolute atomic E-state index is 0. The topological polar surface area (TPSA) is 92.3 Å². The third kappa shape index (κ3) is 6.33. The van der Waals surface area contributed by atoms with E-state index >= 15 is 0 Å². The van der Waals surface area contributed by atoms with Crippen LogP contribution in [-0.2, 0) is 17.6 Å². The van der Waals surface area contributed by atoms with Crippen LogP contribution in [0.4, 0.5) is 4.79 Å². The molecule has 0 radical (unpaired) electrons. The molecule has 1 saturated heterocycles. The first kappa shape index (κ1) is 28.2. The fourth-order valence-electron chi connectivity index (χ4n) is 3.86. The van der Waals surface area contributed by atoms with E-state index in [1.165, 1.54) is 0 Å². The predicted molar refractivity (Wildman–Crippen MR) is 127 cm³/mol. The standard InChI is InChI=1S/C24H29NO7S.Na.H/c1-14-17(20(29-3)22(31-5)21(30-4)19(14)28-2)7-6-12-32-16-10-8-15(9-11-16)13-18-23(26)25-24(27)33-18;;/h8-11,18H,6-7,12-13H2,1-5H3,(H,25,26,27);;/q;+1;-1. The zero-order valence-corrected chi connectivity index (χ0v) is 23.3. The molecule has 1 unspecified atom stereocenters. The van der Waals surface area contributed by atoms with Crippen molar-refractivity contribution in [3.05, 3.63) is 41.0 Å². The summed E-state index contributed by atoms with van der Waals surface area (Å²) in [5, 5.41) is 1.65. The summed E-state index contributed by atoms with van der Waals surface area (Å²) in [6.45, 7) is 2.47. The maximum absolute atomic E-state index is 11.7. The van der Waals surface area contributed by atoms with Crippen LogP contribution in [-0.4, -0.2) is 51.4 Å². The van der Waals surface area contributed by atoms with Crippen LogP contribution >= 0.6 is 11.8 Å². The van der Waals surface area contributed by atoms with Gasteiger partial charge < -0.3 is 25.1 Å². The SMILES string of the molecule is COc1c(C)c(CCCOc2ccc(CC3SC(=O)NC3=O)cc2)c(OC)c(OC)c1OC.[H-].[Na+]. The van der Waals surface area contributed by atoms with Gasteiger partial charge >= 0.3 is 29.6 Å². The number of benzene rings is 2.